The zero-order valence-electron chi connectivity index (χ0n) is 16.4. The molecular weight excluding hydrogens is 447 g/mol. The maximum Gasteiger partial charge on any atom is 0.417 e. The number of nitrogens with zero attached hydrogens (tertiary/aromatic N) is 3. The third kappa shape index (κ3) is 5.07. The quantitative estimate of drug-likeness (QED) is 0.487. The number of carbonyl (C=O) groups excluding carboxylic acids is 1. The Morgan fingerprint density at radius 1 is 1.03 bits per heavy atom. The van der Waals surface area contributed by atoms with Crippen molar-refractivity contribution in [2.75, 3.05) is 36.8 Å². The van der Waals surface area contributed by atoms with Gasteiger partial charge in [0.15, 0.2) is 0 Å². The van der Waals surface area contributed by atoms with Crippen molar-refractivity contribution < 1.29 is 18.0 Å². The molecule has 2 aromatic carbocycles. The first-order chi connectivity index (χ1) is 14.8. The lowest BCUT2D eigenvalue weighted by Gasteiger charge is -2.35. The highest BCUT2D eigenvalue weighted by Gasteiger charge is 2.32. The standard InChI is InChI=1S/C22H19ClF3N3OS/c23-19-12-17(22(24,25)26)13-27-21(19)29-9-7-28(8-10-29)20(30)14-31-18-6-5-15-3-1-2-4-16(15)11-18/h1-6,11-13H,7-10,14H2. The number of alkyl halides is 3. The van der Waals surface area contributed by atoms with Crippen LogP contribution in [-0.4, -0.2) is 47.7 Å². The minimum absolute atomic E-state index is 0.0317. The Morgan fingerprint density at radius 3 is 2.42 bits per heavy atom. The molecule has 162 valence electrons. The van der Waals surface area contributed by atoms with E-state index in [1.165, 1.54) is 11.8 Å². The Morgan fingerprint density at radius 2 is 1.74 bits per heavy atom. The highest BCUT2D eigenvalue weighted by Crippen LogP contribution is 2.33. The van der Waals surface area contributed by atoms with Crippen LogP contribution in [0.1, 0.15) is 5.56 Å². The van der Waals surface area contributed by atoms with E-state index in [1.54, 1.807) is 4.90 Å². The summed E-state index contributed by atoms with van der Waals surface area (Å²) in [5.74, 6) is 0.675. The number of aromatic nitrogens is 1. The number of carbonyl (C=O) groups is 1. The SMILES string of the molecule is O=C(CSc1ccc2ccccc2c1)N1CCN(c2ncc(C(F)(F)F)cc2Cl)CC1. The molecule has 1 aromatic heterocycles. The number of pyridine rings is 1. The smallest absolute Gasteiger partial charge is 0.352 e. The highest BCUT2D eigenvalue weighted by molar-refractivity contribution is 8.00. The van der Waals surface area contributed by atoms with Crippen molar-refractivity contribution in [3.05, 3.63) is 65.3 Å². The molecule has 1 saturated heterocycles. The summed E-state index contributed by atoms with van der Waals surface area (Å²) in [4.78, 5) is 21.1. The molecule has 3 aromatic rings. The van der Waals surface area contributed by atoms with Crippen LogP contribution in [0, 0.1) is 0 Å². The van der Waals surface area contributed by atoms with Crippen molar-refractivity contribution in [1.82, 2.24) is 9.88 Å². The number of hydrogen-bond donors (Lipinski definition) is 0. The summed E-state index contributed by atoms with van der Waals surface area (Å²) < 4.78 is 38.4. The van der Waals surface area contributed by atoms with Crippen molar-refractivity contribution in [3.8, 4) is 0 Å². The lowest BCUT2D eigenvalue weighted by Crippen LogP contribution is -2.49. The van der Waals surface area contributed by atoms with Crippen LogP contribution in [0.5, 0.6) is 0 Å². The van der Waals surface area contributed by atoms with E-state index in [4.69, 9.17) is 11.6 Å². The number of piperazine rings is 1. The number of rotatable bonds is 4. The molecule has 1 aliphatic rings. The second-order valence-corrected chi connectivity index (χ2v) is 8.65. The third-order valence-electron chi connectivity index (χ3n) is 5.16. The Balaban J connectivity index is 1.32. The predicted molar refractivity (Wildman–Crippen MR) is 118 cm³/mol. The number of thioether (sulfide) groups is 1. The first kappa shape index (κ1) is 21.8. The van der Waals surface area contributed by atoms with E-state index >= 15 is 0 Å². The molecule has 1 fully saturated rings. The van der Waals surface area contributed by atoms with Gasteiger partial charge in [-0.25, -0.2) is 4.98 Å². The van der Waals surface area contributed by atoms with Crippen molar-refractivity contribution in [3.63, 3.8) is 0 Å². The van der Waals surface area contributed by atoms with Crippen molar-refractivity contribution in [1.29, 1.82) is 0 Å². The van der Waals surface area contributed by atoms with E-state index in [1.807, 2.05) is 41.3 Å². The van der Waals surface area contributed by atoms with Gasteiger partial charge in [-0.1, -0.05) is 41.9 Å². The van der Waals surface area contributed by atoms with Crippen LogP contribution in [0.25, 0.3) is 10.8 Å². The average molecular weight is 466 g/mol. The first-order valence-electron chi connectivity index (χ1n) is 9.68. The van der Waals surface area contributed by atoms with Gasteiger partial charge in [-0.15, -0.1) is 11.8 Å². The van der Waals surface area contributed by atoms with Gasteiger partial charge in [0.1, 0.15) is 5.82 Å². The molecule has 1 amide bonds. The molecule has 0 N–H and O–H groups in total. The Kier molecular flexibility index (Phi) is 6.29. The number of hydrogen-bond acceptors (Lipinski definition) is 4. The summed E-state index contributed by atoms with van der Waals surface area (Å²) in [6, 6.07) is 15.1. The van der Waals surface area contributed by atoms with Gasteiger partial charge in [-0.2, -0.15) is 13.2 Å². The van der Waals surface area contributed by atoms with Gasteiger partial charge in [0.2, 0.25) is 5.91 Å². The molecule has 31 heavy (non-hydrogen) atoms. The van der Waals surface area contributed by atoms with E-state index in [0.717, 1.165) is 27.9 Å². The Labute approximate surface area is 187 Å². The van der Waals surface area contributed by atoms with Gasteiger partial charge >= 0.3 is 6.18 Å². The average Bonchev–Trinajstić information content (AvgIpc) is 2.77. The monoisotopic (exact) mass is 465 g/mol. The van der Waals surface area contributed by atoms with E-state index in [9.17, 15) is 18.0 Å². The van der Waals surface area contributed by atoms with Crippen molar-refractivity contribution >= 4 is 45.9 Å². The fourth-order valence-electron chi connectivity index (χ4n) is 3.48. The molecule has 0 spiro atoms. The zero-order valence-corrected chi connectivity index (χ0v) is 18.0. The Bertz CT molecular complexity index is 1100. The van der Waals surface area contributed by atoms with Gasteiger partial charge in [0, 0.05) is 37.3 Å². The summed E-state index contributed by atoms with van der Waals surface area (Å²) in [6.45, 7) is 1.86. The maximum atomic E-state index is 12.8. The van der Waals surface area contributed by atoms with Crippen molar-refractivity contribution in [2.24, 2.45) is 0 Å². The van der Waals surface area contributed by atoms with Crippen LogP contribution in [-0.2, 0) is 11.0 Å². The summed E-state index contributed by atoms with van der Waals surface area (Å²) in [7, 11) is 0. The third-order valence-corrected chi connectivity index (χ3v) is 6.42. The van der Waals surface area contributed by atoms with E-state index in [0.29, 0.717) is 37.7 Å². The van der Waals surface area contributed by atoms with E-state index in [-0.39, 0.29) is 10.9 Å². The van der Waals surface area contributed by atoms with Crippen LogP contribution in [0.4, 0.5) is 19.0 Å². The molecule has 2 heterocycles. The fourth-order valence-corrected chi connectivity index (χ4v) is 4.61. The minimum atomic E-state index is -4.48. The number of benzene rings is 2. The largest absolute Gasteiger partial charge is 0.417 e. The molecule has 0 aliphatic carbocycles. The predicted octanol–water partition coefficient (Wildman–Crippen LogP) is 5.35. The highest BCUT2D eigenvalue weighted by atomic mass is 35.5. The summed E-state index contributed by atoms with van der Waals surface area (Å²) in [5, 5.41) is 2.25. The van der Waals surface area contributed by atoms with Gasteiger partial charge < -0.3 is 9.80 Å². The molecule has 0 saturated carbocycles. The molecule has 4 rings (SSSR count). The second kappa shape index (κ2) is 8.96. The zero-order chi connectivity index (χ0) is 22.0. The fraction of sp³-hybridized carbons (Fsp3) is 0.273. The lowest BCUT2D eigenvalue weighted by atomic mass is 10.1. The molecular formula is C22H19ClF3N3OS. The first-order valence-corrected chi connectivity index (χ1v) is 11.0. The van der Waals surface area contributed by atoms with Gasteiger partial charge in [-0.05, 0) is 29.0 Å². The molecule has 0 bridgehead atoms. The molecule has 9 heteroatoms. The topological polar surface area (TPSA) is 36.4 Å². The van der Waals surface area contributed by atoms with Gasteiger partial charge in [0.05, 0.1) is 16.3 Å². The minimum Gasteiger partial charge on any atom is -0.352 e. The molecule has 4 nitrogen and oxygen atoms in total. The Hall–Kier alpha value is -2.45. The van der Waals surface area contributed by atoms with Gasteiger partial charge in [-0.3, -0.25) is 4.79 Å². The van der Waals surface area contributed by atoms with Gasteiger partial charge in [0.25, 0.3) is 0 Å². The van der Waals surface area contributed by atoms with Crippen LogP contribution in [0.15, 0.2) is 59.6 Å². The molecule has 0 atom stereocenters. The lowest BCUT2D eigenvalue weighted by molar-refractivity contribution is -0.137. The summed E-state index contributed by atoms with van der Waals surface area (Å²) in [6.07, 6.45) is -3.69. The van der Waals surface area contributed by atoms with Crippen molar-refractivity contribution in [2.45, 2.75) is 11.1 Å². The van der Waals surface area contributed by atoms with E-state index < -0.39 is 11.7 Å². The molecule has 0 unspecified atom stereocenters. The van der Waals surface area contributed by atoms with Crippen LogP contribution in [0.3, 0.4) is 0 Å². The molecule has 1 aliphatic heterocycles. The normalized spacial score (nSPS) is 14.8. The summed E-state index contributed by atoms with van der Waals surface area (Å²) in [5.41, 5.74) is -0.874. The number of halogens is 4. The molecule has 0 radical (unpaired) electrons. The maximum absolute atomic E-state index is 12.8. The van der Waals surface area contributed by atoms with Crippen LogP contribution >= 0.6 is 23.4 Å². The number of fused-ring (bicyclic) bond motifs is 1. The number of anilines is 1. The number of amides is 1. The summed E-state index contributed by atoms with van der Waals surface area (Å²) >= 11 is 7.53. The van der Waals surface area contributed by atoms with Crippen LogP contribution < -0.4 is 4.90 Å². The second-order valence-electron chi connectivity index (χ2n) is 7.19. The van der Waals surface area contributed by atoms with E-state index in [2.05, 4.69) is 11.1 Å². The van der Waals surface area contributed by atoms with Crippen LogP contribution in [0.2, 0.25) is 5.02 Å².